The summed E-state index contributed by atoms with van der Waals surface area (Å²) in [5, 5.41) is 8.99. The van der Waals surface area contributed by atoms with Crippen LogP contribution in [0.3, 0.4) is 0 Å². The van der Waals surface area contributed by atoms with Crippen LogP contribution < -0.4 is 0 Å². The molecule has 2 atom stereocenters. The van der Waals surface area contributed by atoms with Crippen molar-refractivity contribution in [2.45, 2.75) is 77.9 Å². The highest BCUT2D eigenvalue weighted by molar-refractivity contribution is 7.59. The van der Waals surface area contributed by atoms with Gasteiger partial charge < -0.3 is 14.7 Å². The minimum Gasteiger partial charge on any atom is -0.396 e. The minimum absolute atomic E-state index is 0. The van der Waals surface area contributed by atoms with Crippen molar-refractivity contribution in [2.75, 3.05) is 26.8 Å². The van der Waals surface area contributed by atoms with Crippen molar-refractivity contribution in [2.24, 2.45) is 11.8 Å². The van der Waals surface area contributed by atoms with Crippen LogP contribution in [0.5, 0.6) is 0 Å². The van der Waals surface area contributed by atoms with E-state index < -0.39 is 0 Å². The van der Waals surface area contributed by atoms with E-state index in [-0.39, 0.29) is 13.5 Å². The Kier molecular flexibility index (Phi) is 12.8. The van der Waals surface area contributed by atoms with Crippen molar-refractivity contribution in [1.82, 2.24) is 4.90 Å². The maximum Gasteiger partial charge on any atom is 0.0577 e. The van der Waals surface area contributed by atoms with Crippen LogP contribution in [0, 0.1) is 11.8 Å². The van der Waals surface area contributed by atoms with Crippen molar-refractivity contribution in [3.05, 3.63) is 0 Å². The molecule has 2 unspecified atom stereocenters. The van der Waals surface area contributed by atoms with E-state index in [0.717, 1.165) is 18.3 Å². The molecule has 1 aliphatic heterocycles. The van der Waals surface area contributed by atoms with Crippen LogP contribution in [0.25, 0.3) is 0 Å². The fraction of sp³-hybridized carbons (Fsp3) is 1.00. The van der Waals surface area contributed by atoms with Crippen LogP contribution in [0.1, 0.15) is 65.7 Å². The average molecular weight is 334 g/mol. The molecule has 1 aliphatic carbocycles. The van der Waals surface area contributed by atoms with Crippen LogP contribution in [0.2, 0.25) is 0 Å². The molecule has 0 amide bonds. The van der Waals surface area contributed by atoms with Crippen molar-refractivity contribution in [3.8, 4) is 0 Å². The van der Waals surface area contributed by atoms with Gasteiger partial charge in [0.15, 0.2) is 0 Å². The number of methoxy groups -OCH3 is 1. The highest BCUT2D eigenvalue weighted by Gasteiger charge is 2.33. The van der Waals surface area contributed by atoms with E-state index in [0.29, 0.717) is 18.8 Å². The van der Waals surface area contributed by atoms with Gasteiger partial charge in [-0.1, -0.05) is 26.7 Å². The van der Waals surface area contributed by atoms with E-state index in [1.54, 1.807) is 0 Å². The number of likely N-dealkylation sites (tertiary alicyclic amines) is 1. The number of unbranched alkanes of at least 4 members (excludes halogenated alkanes) is 1. The molecule has 0 radical (unpaired) electrons. The fourth-order valence-corrected chi connectivity index (χ4v) is 3.38. The predicted molar refractivity (Wildman–Crippen MR) is 99.9 cm³/mol. The van der Waals surface area contributed by atoms with Gasteiger partial charge in [0.25, 0.3) is 0 Å². The Hall–Kier alpha value is 0.230. The van der Waals surface area contributed by atoms with E-state index in [1.807, 2.05) is 7.11 Å². The highest BCUT2D eigenvalue weighted by Crippen LogP contribution is 2.33. The van der Waals surface area contributed by atoms with E-state index in [4.69, 9.17) is 9.84 Å². The van der Waals surface area contributed by atoms with Gasteiger partial charge in [0.1, 0.15) is 0 Å². The molecule has 0 aromatic carbocycles. The monoisotopic (exact) mass is 333 g/mol. The van der Waals surface area contributed by atoms with Crippen molar-refractivity contribution in [1.29, 1.82) is 0 Å². The average Bonchev–Trinajstić information content (AvgIpc) is 2.45. The summed E-state index contributed by atoms with van der Waals surface area (Å²) in [5.41, 5.74) is 0. The molecule has 0 spiro atoms. The third-order valence-corrected chi connectivity index (χ3v) is 5.18. The summed E-state index contributed by atoms with van der Waals surface area (Å²) in [6, 6.07) is 0.696. The molecule has 134 valence electrons. The summed E-state index contributed by atoms with van der Waals surface area (Å²) in [7, 11) is 1.82. The zero-order valence-corrected chi connectivity index (χ0v) is 16.2. The maximum absolute atomic E-state index is 8.99. The molecular weight excluding hydrogens is 294 g/mol. The number of ether oxygens (including phenoxy) is 1. The van der Waals surface area contributed by atoms with Crippen molar-refractivity contribution in [3.63, 3.8) is 0 Å². The first-order valence-corrected chi connectivity index (χ1v) is 9.02. The first-order chi connectivity index (χ1) is 10.1. The second-order valence-electron chi connectivity index (χ2n) is 6.94. The zero-order chi connectivity index (χ0) is 15.7. The molecule has 2 aliphatic rings. The Morgan fingerprint density at radius 3 is 2.18 bits per heavy atom. The molecule has 1 N–H and O–H groups in total. The molecule has 0 bridgehead atoms. The maximum atomic E-state index is 8.99. The Morgan fingerprint density at radius 2 is 1.73 bits per heavy atom. The zero-order valence-electron chi connectivity index (χ0n) is 15.2. The van der Waals surface area contributed by atoms with Crippen LogP contribution >= 0.6 is 13.5 Å². The van der Waals surface area contributed by atoms with Gasteiger partial charge in [-0.05, 0) is 57.4 Å². The molecule has 4 heteroatoms. The number of aliphatic hydroxyl groups excluding tert-OH is 1. The van der Waals surface area contributed by atoms with Gasteiger partial charge in [-0.2, -0.15) is 13.5 Å². The molecule has 1 saturated heterocycles. The Labute approximate surface area is 145 Å². The molecule has 1 saturated carbocycles. The third-order valence-electron chi connectivity index (χ3n) is 5.18. The lowest BCUT2D eigenvalue weighted by Gasteiger charge is -2.43. The smallest absolute Gasteiger partial charge is 0.0577 e. The van der Waals surface area contributed by atoms with Gasteiger partial charge in [-0.3, -0.25) is 0 Å². The molecule has 2 rings (SSSR count). The van der Waals surface area contributed by atoms with Crippen molar-refractivity contribution >= 4 is 13.5 Å². The summed E-state index contributed by atoms with van der Waals surface area (Å²) >= 11 is 0. The number of rotatable bonds is 6. The lowest BCUT2D eigenvalue weighted by atomic mass is 9.80. The van der Waals surface area contributed by atoms with Gasteiger partial charge in [0.05, 0.1) is 6.10 Å². The molecule has 1 heterocycles. The molecular formula is C18H39NO2S. The number of hydrogen-bond acceptors (Lipinski definition) is 3. The van der Waals surface area contributed by atoms with Gasteiger partial charge >= 0.3 is 0 Å². The molecule has 2 fully saturated rings. The van der Waals surface area contributed by atoms with E-state index in [2.05, 4.69) is 25.7 Å². The normalized spacial score (nSPS) is 31.5. The van der Waals surface area contributed by atoms with Crippen LogP contribution in [0.4, 0.5) is 0 Å². The van der Waals surface area contributed by atoms with Crippen LogP contribution in [-0.4, -0.2) is 49.0 Å². The molecule has 22 heavy (non-hydrogen) atoms. The largest absolute Gasteiger partial charge is 0.396 e. The Bertz CT molecular complexity index is 257. The number of nitrogens with zero attached hydrogens (tertiary/aromatic N) is 1. The summed E-state index contributed by atoms with van der Waals surface area (Å²) in [5.74, 6) is 1.61. The summed E-state index contributed by atoms with van der Waals surface area (Å²) < 4.78 is 5.34. The highest BCUT2D eigenvalue weighted by atomic mass is 32.1. The Morgan fingerprint density at radius 1 is 1.09 bits per heavy atom. The standard InChI is InChI=1S/C14H27NO2.C4H10.H2S/c1-11-7-12(4-6-16)3-5-15(11)10-13-8-14(9-13)17-2;1-3-4-2;/h11-14,16H,3-10H2,1-2H3;3-4H2,1-2H3;1H2. The second-order valence-corrected chi connectivity index (χ2v) is 6.94. The van der Waals surface area contributed by atoms with Gasteiger partial charge in [0.2, 0.25) is 0 Å². The summed E-state index contributed by atoms with van der Waals surface area (Å²) in [4.78, 5) is 2.64. The van der Waals surface area contributed by atoms with Crippen LogP contribution in [0.15, 0.2) is 0 Å². The molecule has 0 aromatic heterocycles. The van der Waals surface area contributed by atoms with Gasteiger partial charge in [0, 0.05) is 26.3 Å². The summed E-state index contributed by atoms with van der Waals surface area (Å²) in [6.45, 7) is 9.54. The minimum atomic E-state index is 0. The van der Waals surface area contributed by atoms with E-state index in [1.165, 1.54) is 51.6 Å². The SMILES string of the molecule is CCCC.COC1CC(CN2CCC(CCO)CC2C)C1.S. The molecule has 0 aromatic rings. The predicted octanol–water partition coefficient (Wildman–Crippen LogP) is 3.81. The quantitative estimate of drug-likeness (QED) is 0.802. The topological polar surface area (TPSA) is 32.7 Å². The van der Waals surface area contributed by atoms with Gasteiger partial charge in [-0.15, -0.1) is 0 Å². The lowest BCUT2D eigenvalue weighted by Crippen LogP contribution is -2.46. The summed E-state index contributed by atoms with van der Waals surface area (Å²) in [6.07, 6.45) is 9.20. The number of aliphatic hydroxyl groups is 1. The van der Waals surface area contributed by atoms with Crippen molar-refractivity contribution < 1.29 is 9.84 Å². The van der Waals surface area contributed by atoms with E-state index >= 15 is 0 Å². The van der Waals surface area contributed by atoms with E-state index in [9.17, 15) is 0 Å². The lowest BCUT2D eigenvalue weighted by molar-refractivity contribution is -0.0216. The second kappa shape index (κ2) is 12.6. The first kappa shape index (κ1) is 22.2. The number of piperidine rings is 1. The molecule has 3 nitrogen and oxygen atoms in total. The van der Waals surface area contributed by atoms with Gasteiger partial charge in [-0.25, -0.2) is 0 Å². The number of hydrogen-bond donors (Lipinski definition) is 1. The first-order valence-electron chi connectivity index (χ1n) is 9.02. The fourth-order valence-electron chi connectivity index (χ4n) is 3.38. The third kappa shape index (κ3) is 7.67. The Balaban J connectivity index is 0.000000791. The van der Waals surface area contributed by atoms with Crippen LogP contribution in [-0.2, 0) is 4.74 Å².